The zero-order chi connectivity index (χ0) is 29.8. The van der Waals surface area contributed by atoms with E-state index in [2.05, 4.69) is 20.6 Å². The second-order valence-corrected chi connectivity index (χ2v) is 10.9. The van der Waals surface area contributed by atoms with Gasteiger partial charge >= 0.3 is 0 Å². The molecule has 2 N–H and O–H groups in total. The van der Waals surface area contributed by atoms with Crippen molar-refractivity contribution in [3.63, 3.8) is 0 Å². The molecule has 2 heterocycles. The van der Waals surface area contributed by atoms with Crippen LogP contribution in [0.1, 0.15) is 20.7 Å². The number of ether oxygens (including phenoxy) is 1. The average molecular weight is 611 g/mol. The summed E-state index contributed by atoms with van der Waals surface area (Å²) in [6, 6.07) is 25.2. The first kappa shape index (κ1) is 27.9. The maximum atomic E-state index is 13.2. The maximum Gasteiger partial charge on any atom is 0.257 e. The molecule has 0 saturated carbocycles. The summed E-state index contributed by atoms with van der Waals surface area (Å²) in [5, 5.41) is 9.98. The standard InChI is InChI=1S/C32H20F2N4O3S2/c33-23-9-1-19(2-10-23)27-17-42-31(35-27)37-29(39)21-5-13-25(14-6-21)41-26-15-7-22(8-16-26)30(40)38-32-36-28(18-43-32)20-3-11-24(34)12-4-20/h1-18H,(H,35,37,39)(H,36,38,40). The van der Waals surface area contributed by atoms with Gasteiger partial charge in [0.2, 0.25) is 0 Å². The van der Waals surface area contributed by atoms with Gasteiger partial charge in [-0.25, -0.2) is 18.7 Å². The van der Waals surface area contributed by atoms with E-state index < -0.39 is 0 Å². The van der Waals surface area contributed by atoms with Crippen molar-refractivity contribution in [3.8, 4) is 34.0 Å². The van der Waals surface area contributed by atoms with E-state index in [0.29, 0.717) is 44.3 Å². The number of halogens is 2. The van der Waals surface area contributed by atoms with Gasteiger partial charge in [0.1, 0.15) is 23.1 Å². The highest BCUT2D eigenvalue weighted by Gasteiger charge is 2.13. The zero-order valence-electron chi connectivity index (χ0n) is 22.1. The molecule has 0 bridgehead atoms. The number of hydrogen-bond donors (Lipinski definition) is 2. The number of amides is 2. The lowest BCUT2D eigenvalue weighted by atomic mass is 10.2. The molecule has 0 aliphatic carbocycles. The molecular weight excluding hydrogens is 591 g/mol. The van der Waals surface area contributed by atoms with Gasteiger partial charge in [-0.3, -0.25) is 20.2 Å². The summed E-state index contributed by atoms with van der Waals surface area (Å²) in [6.07, 6.45) is 0. The SMILES string of the molecule is O=C(Nc1nc(-c2ccc(F)cc2)cs1)c1ccc(Oc2ccc(C(=O)Nc3nc(-c4ccc(F)cc4)cs3)cc2)cc1. The van der Waals surface area contributed by atoms with Gasteiger partial charge < -0.3 is 4.74 Å². The molecule has 0 atom stereocenters. The fourth-order valence-corrected chi connectivity index (χ4v) is 5.42. The van der Waals surface area contributed by atoms with Gasteiger partial charge in [0.15, 0.2) is 10.3 Å². The van der Waals surface area contributed by atoms with Gasteiger partial charge in [-0.15, -0.1) is 22.7 Å². The lowest BCUT2D eigenvalue weighted by Gasteiger charge is -2.08. The van der Waals surface area contributed by atoms with E-state index in [4.69, 9.17) is 4.74 Å². The Bertz CT molecular complexity index is 1750. The normalized spacial score (nSPS) is 10.7. The predicted octanol–water partition coefficient (Wildman–Crippen LogP) is 8.51. The molecule has 0 unspecified atom stereocenters. The molecule has 0 aliphatic rings. The second-order valence-electron chi connectivity index (χ2n) is 9.15. The van der Waals surface area contributed by atoms with Gasteiger partial charge in [0, 0.05) is 33.0 Å². The minimum atomic E-state index is -0.327. The Kier molecular flexibility index (Phi) is 7.98. The molecular formula is C32H20F2N4O3S2. The highest BCUT2D eigenvalue weighted by Crippen LogP contribution is 2.28. The molecule has 43 heavy (non-hydrogen) atoms. The van der Waals surface area contributed by atoms with Crippen LogP contribution >= 0.6 is 22.7 Å². The fourth-order valence-electron chi connectivity index (χ4n) is 3.99. The molecule has 0 saturated heterocycles. The number of thiazole rings is 2. The van der Waals surface area contributed by atoms with Crippen LogP contribution in [0.15, 0.2) is 108 Å². The molecule has 7 nitrogen and oxygen atoms in total. The summed E-state index contributed by atoms with van der Waals surface area (Å²) in [5.41, 5.74) is 3.64. The molecule has 4 aromatic carbocycles. The monoisotopic (exact) mass is 610 g/mol. The summed E-state index contributed by atoms with van der Waals surface area (Å²) < 4.78 is 32.2. The van der Waals surface area contributed by atoms with Crippen molar-refractivity contribution in [3.05, 3.63) is 131 Å². The van der Waals surface area contributed by atoms with E-state index in [9.17, 15) is 18.4 Å². The van der Waals surface area contributed by atoms with E-state index >= 15 is 0 Å². The van der Waals surface area contributed by atoms with Crippen LogP contribution in [0, 0.1) is 11.6 Å². The molecule has 212 valence electrons. The van der Waals surface area contributed by atoms with Crippen molar-refractivity contribution in [2.24, 2.45) is 0 Å². The van der Waals surface area contributed by atoms with Crippen LogP contribution < -0.4 is 15.4 Å². The molecule has 11 heteroatoms. The summed E-state index contributed by atoms with van der Waals surface area (Å²) in [6.45, 7) is 0. The third kappa shape index (κ3) is 6.80. The first-order valence-corrected chi connectivity index (χ1v) is 14.6. The minimum Gasteiger partial charge on any atom is -0.457 e. The van der Waals surface area contributed by atoms with Crippen LogP contribution in [0.3, 0.4) is 0 Å². The van der Waals surface area contributed by atoms with E-state index in [-0.39, 0.29) is 23.4 Å². The van der Waals surface area contributed by atoms with Gasteiger partial charge in [0.05, 0.1) is 11.4 Å². The van der Waals surface area contributed by atoms with Crippen LogP contribution in [0.4, 0.5) is 19.0 Å². The zero-order valence-corrected chi connectivity index (χ0v) is 23.7. The van der Waals surface area contributed by atoms with Crippen molar-refractivity contribution in [2.75, 3.05) is 10.6 Å². The lowest BCUT2D eigenvalue weighted by Crippen LogP contribution is -2.11. The maximum absolute atomic E-state index is 13.2. The topological polar surface area (TPSA) is 93.2 Å². The van der Waals surface area contributed by atoms with E-state index in [0.717, 1.165) is 11.1 Å². The largest absolute Gasteiger partial charge is 0.457 e. The molecule has 6 aromatic rings. The van der Waals surface area contributed by atoms with Crippen molar-refractivity contribution in [1.29, 1.82) is 0 Å². The highest BCUT2D eigenvalue weighted by molar-refractivity contribution is 7.14. The molecule has 0 fully saturated rings. The number of benzene rings is 4. The Morgan fingerprint density at radius 2 is 0.930 bits per heavy atom. The number of nitrogens with zero attached hydrogens (tertiary/aromatic N) is 2. The first-order valence-electron chi connectivity index (χ1n) is 12.8. The third-order valence-corrected chi connectivity index (χ3v) is 7.71. The van der Waals surface area contributed by atoms with Crippen molar-refractivity contribution in [1.82, 2.24) is 9.97 Å². The lowest BCUT2D eigenvalue weighted by molar-refractivity contribution is 0.101. The number of nitrogens with one attached hydrogen (secondary N) is 2. The number of carbonyl (C=O) groups is 2. The summed E-state index contributed by atoms with van der Waals surface area (Å²) in [7, 11) is 0. The van der Waals surface area contributed by atoms with Crippen molar-refractivity contribution >= 4 is 44.8 Å². The Morgan fingerprint density at radius 1 is 0.558 bits per heavy atom. The van der Waals surface area contributed by atoms with Crippen LogP contribution in [0.25, 0.3) is 22.5 Å². The Labute approximate surface area is 252 Å². The second kappa shape index (κ2) is 12.3. The fraction of sp³-hybridized carbons (Fsp3) is 0. The summed E-state index contributed by atoms with van der Waals surface area (Å²) in [5.74, 6) is -0.285. The number of anilines is 2. The van der Waals surface area contributed by atoms with Crippen LogP contribution in [-0.2, 0) is 0 Å². The van der Waals surface area contributed by atoms with Crippen molar-refractivity contribution in [2.45, 2.75) is 0 Å². The van der Waals surface area contributed by atoms with Gasteiger partial charge in [-0.2, -0.15) is 0 Å². The average Bonchev–Trinajstić information content (AvgIpc) is 3.69. The number of carbonyl (C=O) groups excluding carboxylic acids is 2. The third-order valence-electron chi connectivity index (χ3n) is 6.20. The van der Waals surface area contributed by atoms with Crippen molar-refractivity contribution < 1.29 is 23.1 Å². The smallest absolute Gasteiger partial charge is 0.257 e. The van der Waals surface area contributed by atoms with E-state index in [1.807, 2.05) is 0 Å². The van der Waals surface area contributed by atoms with Crippen LogP contribution in [0.5, 0.6) is 11.5 Å². The molecule has 6 rings (SSSR count). The van der Waals surface area contributed by atoms with E-state index in [1.165, 1.54) is 46.9 Å². The molecule has 0 radical (unpaired) electrons. The Morgan fingerprint density at radius 3 is 1.30 bits per heavy atom. The Hall–Kier alpha value is -5.26. The van der Waals surface area contributed by atoms with E-state index in [1.54, 1.807) is 83.6 Å². The number of aromatic nitrogens is 2. The predicted molar refractivity (Wildman–Crippen MR) is 164 cm³/mol. The van der Waals surface area contributed by atoms with Gasteiger partial charge in [-0.1, -0.05) is 0 Å². The molecule has 0 aliphatic heterocycles. The number of hydrogen-bond acceptors (Lipinski definition) is 7. The number of rotatable bonds is 8. The molecule has 0 spiro atoms. The molecule has 2 amide bonds. The summed E-state index contributed by atoms with van der Waals surface area (Å²) in [4.78, 5) is 34.2. The summed E-state index contributed by atoms with van der Waals surface area (Å²) >= 11 is 2.55. The van der Waals surface area contributed by atoms with Gasteiger partial charge in [-0.05, 0) is 97.1 Å². The van der Waals surface area contributed by atoms with Crippen LogP contribution in [0.2, 0.25) is 0 Å². The highest BCUT2D eigenvalue weighted by atomic mass is 32.1. The Balaban J connectivity index is 1.03. The molecule has 2 aromatic heterocycles. The first-order chi connectivity index (χ1) is 20.9. The van der Waals surface area contributed by atoms with Gasteiger partial charge in [0.25, 0.3) is 11.8 Å². The minimum absolute atomic E-state index is 0.327. The van der Waals surface area contributed by atoms with Crippen LogP contribution in [-0.4, -0.2) is 21.8 Å². The quantitative estimate of drug-likeness (QED) is 0.180.